The maximum Gasteiger partial charge on any atom is 0.162 e. The van der Waals surface area contributed by atoms with Crippen LogP contribution in [0.15, 0.2) is 12.3 Å². The molecule has 1 aliphatic heterocycles. The average molecular weight is 246 g/mol. The molecule has 6 heteroatoms. The van der Waals surface area contributed by atoms with Gasteiger partial charge in [-0.1, -0.05) is 0 Å². The zero-order valence-corrected chi connectivity index (χ0v) is 10.5. The third-order valence-corrected chi connectivity index (χ3v) is 3.53. The number of nitrogens with two attached hydrogens (primary N) is 2. The number of aryl methyl sites for hydroxylation is 1. The number of hydrogen-bond donors (Lipinski definition) is 2. The molecule has 0 unspecified atom stereocenters. The number of piperidine rings is 1. The summed E-state index contributed by atoms with van der Waals surface area (Å²) in [5.41, 5.74) is 13.8. The maximum atomic E-state index is 6.01. The summed E-state index contributed by atoms with van der Waals surface area (Å²) in [7, 11) is 0. The van der Waals surface area contributed by atoms with Crippen LogP contribution >= 0.6 is 0 Å². The first-order valence-electron chi connectivity index (χ1n) is 6.26. The molecule has 2 aromatic heterocycles. The van der Waals surface area contributed by atoms with Crippen LogP contribution in [0.4, 0.5) is 11.6 Å². The van der Waals surface area contributed by atoms with E-state index in [0.29, 0.717) is 11.9 Å². The van der Waals surface area contributed by atoms with Gasteiger partial charge in [0, 0.05) is 30.8 Å². The Morgan fingerprint density at radius 2 is 2.06 bits per heavy atom. The lowest BCUT2D eigenvalue weighted by Gasteiger charge is -2.31. The predicted molar refractivity (Wildman–Crippen MR) is 71.6 cm³/mol. The summed E-state index contributed by atoms with van der Waals surface area (Å²) in [6.45, 7) is 3.87. The molecule has 0 atom stereocenters. The smallest absolute Gasteiger partial charge is 0.162 e. The van der Waals surface area contributed by atoms with Crippen molar-refractivity contribution in [1.29, 1.82) is 0 Å². The van der Waals surface area contributed by atoms with E-state index < -0.39 is 0 Å². The lowest BCUT2D eigenvalue weighted by atomic mass is 10.1. The van der Waals surface area contributed by atoms with Gasteiger partial charge in [-0.15, -0.1) is 0 Å². The average Bonchev–Trinajstić information content (AvgIpc) is 2.73. The van der Waals surface area contributed by atoms with Crippen molar-refractivity contribution >= 4 is 17.3 Å². The highest BCUT2D eigenvalue weighted by Gasteiger charge is 2.18. The van der Waals surface area contributed by atoms with Gasteiger partial charge in [0.05, 0.1) is 6.20 Å². The zero-order chi connectivity index (χ0) is 12.7. The number of aromatic nitrogens is 3. The van der Waals surface area contributed by atoms with Gasteiger partial charge in [-0.25, -0.2) is 4.98 Å². The fourth-order valence-corrected chi connectivity index (χ4v) is 2.37. The highest BCUT2D eigenvalue weighted by molar-refractivity contribution is 5.59. The van der Waals surface area contributed by atoms with E-state index in [9.17, 15) is 0 Å². The quantitative estimate of drug-likeness (QED) is 0.767. The largest absolute Gasteiger partial charge is 0.383 e. The van der Waals surface area contributed by atoms with Gasteiger partial charge in [0.2, 0.25) is 0 Å². The Morgan fingerprint density at radius 3 is 2.78 bits per heavy atom. The van der Waals surface area contributed by atoms with Crippen molar-refractivity contribution in [2.24, 2.45) is 5.73 Å². The number of hydrogen-bond acceptors (Lipinski definition) is 5. The van der Waals surface area contributed by atoms with Crippen molar-refractivity contribution in [2.75, 3.05) is 23.7 Å². The van der Waals surface area contributed by atoms with Crippen molar-refractivity contribution in [3.63, 3.8) is 0 Å². The molecule has 1 fully saturated rings. The summed E-state index contributed by atoms with van der Waals surface area (Å²) in [5.74, 6) is 1.55. The van der Waals surface area contributed by atoms with Crippen LogP contribution in [0.2, 0.25) is 0 Å². The summed E-state index contributed by atoms with van der Waals surface area (Å²) >= 11 is 0. The van der Waals surface area contributed by atoms with Gasteiger partial charge in [0.15, 0.2) is 5.65 Å². The number of fused-ring (bicyclic) bond motifs is 1. The minimum Gasteiger partial charge on any atom is -0.383 e. The third kappa shape index (κ3) is 1.78. The fourth-order valence-electron chi connectivity index (χ4n) is 2.37. The number of nitrogen functional groups attached to an aromatic ring is 1. The lowest BCUT2D eigenvalue weighted by Crippen LogP contribution is -2.40. The number of anilines is 2. The van der Waals surface area contributed by atoms with Crippen LogP contribution in [-0.2, 0) is 0 Å². The number of nitrogens with zero attached hydrogens (tertiary/aromatic N) is 4. The van der Waals surface area contributed by atoms with Gasteiger partial charge in [0.25, 0.3) is 0 Å². The molecule has 18 heavy (non-hydrogen) atoms. The van der Waals surface area contributed by atoms with E-state index in [1.165, 1.54) is 0 Å². The van der Waals surface area contributed by atoms with Crippen LogP contribution < -0.4 is 16.4 Å². The van der Waals surface area contributed by atoms with Gasteiger partial charge in [-0.2, -0.15) is 9.61 Å². The summed E-state index contributed by atoms with van der Waals surface area (Å²) in [4.78, 5) is 6.89. The van der Waals surface area contributed by atoms with Crippen molar-refractivity contribution in [3.05, 3.63) is 17.8 Å². The van der Waals surface area contributed by atoms with Gasteiger partial charge in [-0.05, 0) is 19.8 Å². The second kappa shape index (κ2) is 4.13. The predicted octanol–water partition coefficient (Wildman–Crippen LogP) is 0.547. The molecule has 1 saturated heterocycles. The van der Waals surface area contributed by atoms with Gasteiger partial charge in [0.1, 0.15) is 11.6 Å². The Morgan fingerprint density at radius 1 is 1.33 bits per heavy atom. The summed E-state index contributed by atoms with van der Waals surface area (Å²) in [5, 5.41) is 4.21. The molecule has 0 aromatic carbocycles. The van der Waals surface area contributed by atoms with E-state index in [1.807, 2.05) is 13.0 Å². The van der Waals surface area contributed by atoms with Crippen LogP contribution in [-0.4, -0.2) is 33.7 Å². The molecule has 96 valence electrons. The van der Waals surface area contributed by atoms with Gasteiger partial charge < -0.3 is 16.4 Å². The van der Waals surface area contributed by atoms with E-state index in [2.05, 4.69) is 15.0 Å². The molecular formula is C12H18N6. The second-order valence-corrected chi connectivity index (χ2v) is 4.93. The van der Waals surface area contributed by atoms with Crippen LogP contribution in [0.1, 0.15) is 18.4 Å². The minimum absolute atomic E-state index is 0.319. The van der Waals surface area contributed by atoms with E-state index in [-0.39, 0.29) is 0 Å². The first-order chi connectivity index (χ1) is 8.65. The highest BCUT2D eigenvalue weighted by atomic mass is 15.3. The van der Waals surface area contributed by atoms with Crippen LogP contribution in [0.25, 0.3) is 5.65 Å². The molecule has 3 heterocycles. The third-order valence-electron chi connectivity index (χ3n) is 3.53. The maximum absolute atomic E-state index is 6.01. The molecule has 6 nitrogen and oxygen atoms in total. The van der Waals surface area contributed by atoms with E-state index in [4.69, 9.17) is 11.5 Å². The first kappa shape index (κ1) is 11.3. The highest BCUT2D eigenvalue weighted by Crippen LogP contribution is 2.22. The Bertz CT molecular complexity index is 567. The molecule has 0 spiro atoms. The molecule has 0 bridgehead atoms. The van der Waals surface area contributed by atoms with Gasteiger partial charge >= 0.3 is 0 Å². The first-order valence-corrected chi connectivity index (χ1v) is 6.26. The Hall–Kier alpha value is -1.82. The Labute approximate surface area is 106 Å². The van der Waals surface area contributed by atoms with Crippen LogP contribution in [0, 0.1) is 6.92 Å². The zero-order valence-electron chi connectivity index (χ0n) is 10.5. The standard InChI is InChI=1S/C12H18N6/c1-8-7-15-18-10(14)6-11(16-12(8)18)17-4-2-9(13)3-5-17/h6-7,9H,2-5,13-14H2,1H3. The van der Waals surface area contributed by atoms with Gasteiger partial charge in [-0.3, -0.25) is 0 Å². The molecule has 0 radical (unpaired) electrons. The summed E-state index contributed by atoms with van der Waals surface area (Å²) in [6, 6.07) is 2.20. The summed E-state index contributed by atoms with van der Waals surface area (Å²) < 4.78 is 1.68. The van der Waals surface area contributed by atoms with Crippen molar-refractivity contribution in [2.45, 2.75) is 25.8 Å². The SMILES string of the molecule is Cc1cnn2c(N)cc(N3CCC(N)CC3)nc12. The van der Waals surface area contributed by atoms with Crippen LogP contribution in [0.5, 0.6) is 0 Å². The number of rotatable bonds is 1. The molecule has 2 aromatic rings. The molecular weight excluding hydrogens is 228 g/mol. The minimum atomic E-state index is 0.319. The van der Waals surface area contributed by atoms with E-state index in [0.717, 1.165) is 43.0 Å². The van der Waals surface area contributed by atoms with Crippen molar-refractivity contribution < 1.29 is 0 Å². The van der Waals surface area contributed by atoms with Crippen molar-refractivity contribution in [1.82, 2.24) is 14.6 Å². The van der Waals surface area contributed by atoms with E-state index >= 15 is 0 Å². The fraction of sp³-hybridized carbons (Fsp3) is 0.500. The van der Waals surface area contributed by atoms with Crippen LogP contribution in [0.3, 0.4) is 0 Å². The molecule has 1 aliphatic rings. The Balaban J connectivity index is 1.99. The molecule has 0 saturated carbocycles. The molecule has 4 N–H and O–H groups in total. The molecule has 3 rings (SSSR count). The Kier molecular flexibility index (Phi) is 2.59. The summed E-state index contributed by atoms with van der Waals surface area (Å²) in [6.07, 6.45) is 3.80. The van der Waals surface area contributed by atoms with E-state index in [1.54, 1.807) is 10.7 Å². The topological polar surface area (TPSA) is 85.5 Å². The monoisotopic (exact) mass is 246 g/mol. The van der Waals surface area contributed by atoms with Crippen molar-refractivity contribution in [3.8, 4) is 0 Å². The molecule has 0 aliphatic carbocycles. The molecule has 0 amide bonds. The second-order valence-electron chi connectivity index (χ2n) is 4.93. The normalized spacial score (nSPS) is 17.6. The lowest BCUT2D eigenvalue weighted by molar-refractivity contribution is 0.499.